The van der Waals surface area contributed by atoms with Crippen LogP contribution in [0.1, 0.15) is 60.8 Å². The van der Waals surface area contributed by atoms with Crippen LogP contribution >= 0.6 is 23.5 Å². The van der Waals surface area contributed by atoms with Crippen molar-refractivity contribution in [3.63, 3.8) is 0 Å². The van der Waals surface area contributed by atoms with Crippen LogP contribution in [0, 0.1) is 23.7 Å². The minimum atomic E-state index is -0.733. The van der Waals surface area contributed by atoms with Gasteiger partial charge in [0, 0.05) is 29.6 Å². The number of hydrogen-bond donors (Lipinski definition) is 2. The number of hydrogen-bond acceptors (Lipinski definition) is 7. The molecule has 0 aromatic carbocycles. The van der Waals surface area contributed by atoms with Crippen LogP contribution in [0.2, 0.25) is 0 Å². The maximum Gasteiger partial charge on any atom is 0.309 e. The second kappa shape index (κ2) is 18.7. The Kier molecular flexibility index (Phi) is 17.9. The number of rotatable bonds is 19. The highest BCUT2D eigenvalue weighted by atomic mass is 32.2. The normalized spacial score (nSPS) is 14.7. The molecule has 202 valence electrons. The number of esters is 1. The predicted octanol–water partition coefficient (Wildman–Crippen LogP) is 4.11. The quantitative estimate of drug-likeness (QED) is 0.147. The standard InChI is InChI=1S/C26H46N2O5S2/c1-9-11-35-15-19(7)24(30)28-22(13-18(5)6)25(31)27-21(12-17(3)4)23(29)14-20(16-34-10-2)26(32)33-8/h9,17-22H,1,10-16H2,2-8H3,(H,27,31)(H,28,30)/t19-,20-,21-,22-/m0/s1. The van der Waals surface area contributed by atoms with E-state index in [4.69, 9.17) is 4.74 Å². The van der Waals surface area contributed by atoms with Crippen molar-refractivity contribution in [3.8, 4) is 0 Å². The van der Waals surface area contributed by atoms with Crippen molar-refractivity contribution >= 4 is 47.1 Å². The fraction of sp³-hybridized carbons (Fsp3) is 0.769. The molecule has 4 atom stereocenters. The summed E-state index contributed by atoms with van der Waals surface area (Å²) >= 11 is 3.19. The molecule has 0 bridgehead atoms. The average molecular weight is 531 g/mol. The number of ketones is 1. The lowest BCUT2D eigenvalue weighted by Crippen LogP contribution is -2.53. The van der Waals surface area contributed by atoms with E-state index in [1.165, 1.54) is 7.11 Å². The van der Waals surface area contributed by atoms with Crippen molar-refractivity contribution in [1.82, 2.24) is 10.6 Å². The molecule has 0 rings (SSSR count). The van der Waals surface area contributed by atoms with Crippen LogP contribution in [0.5, 0.6) is 0 Å². The van der Waals surface area contributed by atoms with E-state index < -0.39 is 24.0 Å². The summed E-state index contributed by atoms with van der Waals surface area (Å²) in [6.45, 7) is 15.4. The summed E-state index contributed by atoms with van der Waals surface area (Å²) in [7, 11) is 1.32. The molecule has 0 radical (unpaired) electrons. The molecule has 35 heavy (non-hydrogen) atoms. The largest absolute Gasteiger partial charge is 0.469 e. The zero-order chi connectivity index (χ0) is 27.0. The third kappa shape index (κ3) is 14.6. The van der Waals surface area contributed by atoms with Crippen molar-refractivity contribution in [2.45, 2.75) is 72.9 Å². The van der Waals surface area contributed by atoms with Gasteiger partial charge in [0.2, 0.25) is 11.8 Å². The second-order valence-electron chi connectivity index (χ2n) is 9.66. The Balaban J connectivity index is 5.47. The zero-order valence-electron chi connectivity index (χ0n) is 22.6. The van der Waals surface area contributed by atoms with E-state index in [9.17, 15) is 19.2 Å². The topological polar surface area (TPSA) is 102 Å². The number of nitrogens with one attached hydrogen (secondary N) is 2. The van der Waals surface area contributed by atoms with Crippen LogP contribution in [0.3, 0.4) is 0 Å². The van der Waals surface area contributed by atoms with Gasteiger partial charge in [-0.15, -0.1) is 6.58 Å². The molecule has 0 saturated carbocycles. The fourth-order valence-electron chi connectivity index (χ4n) is 3.46. The lowest BCUT2D eigenvalue weighted by molar-refractivity contribution is -0.146. The molecule has 0 aromatic heterocycles. The molecule has 2 N–H and O–H groups in total. The summed E-state index contributed by atoms with van der Waals surface area (Å²) in [6.07, 6.45) is 2.72. The molecule has 0 aliphatic rings. The molecular weight excluding hydrogens is 484 g/mol. The molecule has 0 fully saturated rings. The van der Waals surface area contributed by atoms with Crippen molar-refractivity contribution in [2.24, 2.45) is 23.7 Å². The number of carbonyl (C=O) groups is 4. The molecule has 7 nitrogen and oxygen atoms in total. The second-order valence-corrected chi connectivity index (χ2v) is 12.1. The third-order valence-corrected chi connectivity index (χ3v) is 7.56. The number of Topliss-reactive ketones (excluding diaryl/α,β-unsaturated/α-hetero) is 1. The van der Waals surface area contributed by atoms with E-state index in [1.807, 2.05) is 41.5 Å². The highest BCUT2D eigenvalue weighted by Gasteiger charge is 2.31. The molecule has 2 amide bonds. The number of methoxy groups -OCH3 is 1. The monoisotopic (exact) mass is 530 g/mol. The minimum absolute atomic E-state index is 0.0100. The molecular formula is C26H46N2O5S2. The van der Waals surface area contributed by atoms with Crippen LogP contribution in [0.25, 0.3) is 0 Å². The summed E-state index contributed by atoms with van der Waals surface area (Å²) in [6, 6.07) is -1.46. The van der Waals surface area contributed by atoms with Gasteiger partial charge in [-0.3, -0.25) is 19.2 Å². The average Bonchev–Trinajstić information content (AvgIpc) is 2.79. The molecule has 0 aliphatic heterocycles. The van der Waals surface area contributed by atoms with Gasteiger partial charge in [-0.1, -0.05) is 47.6 Å². The van der Waals surface area contributed by atoms with Crippen molar-refractivity contribution < 1.29 is 23.9 Å². The van der Waals surface area contributed by atoms with E-state index in [1.54, 1.807) is 29.6 Å². The van der Waals surface area contributed by atoms with Crippen LogP contribution in [-0.2, 0) is 23.9 Å². The van der Waals surface area contributed by atoms with Crippen molar-refractivity contribution in [3.05, 3.63) is 12.7 Å². The Bertz CT molecular complexity index is 685. The molecule has 0 unspecified atom stereocenters. The summed E-state index contributed by atoms with van der Waals surface area (Å²) in [4.78, 5) is 51.4. The van der Waals surface area contributed by atoms with Gasteiger partial charge in [-0.25, -0.2) is 0 Å². The van der Waals surface area contributed by atoms with Gasteiger partial charge in [0.25, 0.3) is 0 Å². The first-order valence-electron chi connectivity index (χ1n) is 12.4. The van der Waals surface area contributed by atoms with Crippen molar-refractivity contribution in [1.29, 1.82) is 0 Å². The van der Waals surface area contributed by atoms with E-state index in [-0.39, 0.29) is 41.8 Å². The lowest BCUT2D eigenvalue weighted by atomic mass is 9.93. The molecule has 0 spiro atoms. The van der Waals surface area contributed by atoms with Crippen LogP contribution in [-0.4, -0.2) is 65.8 Å². The van der Waals surface area contributed by atoms with E-state index >= 15 is 0 Å². The minimum Gasteiger partial charge on any atom is -0.469 e. The maximum atomic E-state index is 13.2. The molecule has 9 heteroatoms. The lowest BCUT2D eigenvalue weighted by Gasteiger charge is -2.26. The summed E-state index contributed by atoms with van der Waals surface area (Å²) < 4.78 is 4.89. The number of carbonyl (C=O) groups excluding carboxylic acids is 4. The Morgan fingerprint density at radius 1 is 0.886 bits per heavy atom. The summed E-state index contributed by atoms with van der Waals surface area (Å²) in [5.41, 5.74) is 0. The van der Waals surface area contributed by atoms with Crippen molar-refractivity contribution in [2.75, 3.05) is 30.1 Å². The van der Waals surface area contributed by atoms with Gasteiger partial charge in [-0.05, 0) is 30.4 Å². The van der Waals surface area contributed by atoms with E-state index in [2.05, 4.69) is 17.2 Å². The van der Waals surface area contributed by atoms with Gasteiger partial charge in [-0.2, -0.15) is 23.5 Å². The first kappa shape index (κ1) is 33.5. The fourth-order valence-corrected chi connectivity index (χ4v) is 5.04. The molecule has 0 aromatic rings. The van der Waals surface area contributed by atoms with Gasteiger partial charge >= 0.3 is 5.97 Å². The summed E-state index contributed by atoms with van der Waals surface area (Å²) in [5.74, 6) is 1.08. The SMILES string of the molecule is C=CCSC[C@H](C)C(=O)N[C@@H](CC(C)C)C(=O)N[C@@H](CC(C)C)C(=O)C[C@@H](CSCC)C(=O)OC. The molecule has 0 aliphatic carbocycles. The molecule has 0 heterocycles. The Morgan fingerprint density at radius 3 is 1.97 bits per heavy atom. The number of ether oxygens (including phenoxy) is 1. The molecule has 0 saturated heterocycles. The van der Waals surface area contributed by atoms with Gasteiger partial charge in [0.1, 0.15) is 6.04 Å². The Labute approximate surface area is 220 Å². The van der Waals surface area contributed by atoms with Crippen LogP contribution in [0.15, 0.2) is 12.7 Å². The highest BCUT2D eigenvalue weighted by Crippen LogP contribution is 2.18. The highest BCUT2D eigenvalue weighted by molar-refractivity contribution is 7.99. The third-order valence-electron chi connectivity index (χ3n) is 5.31. The van der Waals surface area contributed by atoms with E-state index in [0.29, 0.717) is 24.3 Å². The van der Waals surface area contributed by atoms with Gasteiger partial charge in [0.15, 0.2) is 5.78 Å². The maximum absolute atomic E-state index is 13.2. The predicted molar refractivity (Wildman–Crippen MR) is 148 cm³/mol. The number of amides is 2. The summed E-state index contributed by atoms with van der Waals surface area (Å²) in [5, 5.41) is 5.78. The van der Waals surface area contributed by atoms with Crippen LogP contribution < -0.4 is 10.6 Å². The first-order chi connectivity index (χ1) is 16.5. The number of thioether (sulfide) groups is 2. The Hall–Kier alpha value is -1.48. The first-order valence-corrected chi connectivity index (χ1v) is 14.7. The zero-order valence-corrected chi connectivity index (χ0v) is 24.2. The smallest absolute Gasteiger partial charge is 0.309 e. The van der Waals surface area contributed by atoms with Gasteiger partial charge < -0.3 is 15.4 Å². The van der Waals surface area contributed by atoms with Crippen LogP contribution in [0.4, 0.5) is 0 Å². The Morgan fingerprint density at radius 2 is 1.46 bits per heavy atom. The van der Waals surface area contributed by atoms with Gasteiger partial charge in [0.05, 0.1) is 19.1 Å². The van der Waals surface area contributed by atoms with E-state index in [0.717, 1.165) is 11.5 Å².